The highest BCUT2D eigenvalue weighted by molar-refractivity contribution is 9.10. The predicted octanol–water partition coefficient (Wildman–Crippen LogP) is 3.02. The van der Waals surface area contributed by atoms with Crippen molar-refractivity contribution in [3.05, 3.63) is 65.5 Å². The number of anilines is 2. The number of carbonyl (C=O) groups is 2. The van der Waals surface area contributed by atoms with Crippen molar-refractivity contribution in [2.45, 2.75) is 6.42 Å². The van der Waals surface area contributed by atoms with Crippen molar-refractivity contribution in [3.8, 4) is 5.82 Å². The second kappa shape index (κ2) is 7.32. The molecule has 0 radical (unpaired) electrons. The molecule has 3 heterocycles. The minimum atomic E-state index is -0.429. The predicted molar refractivity (Wildman–Crippen MR) is 105 cm³/mol. The van der Waals surface area contributed by atoms with Crippen LogP contribution in [-0.4, -0.2) is 33.1 Å². The lowest BCUT2D eigenvalue weighted by Gasteiger charge is -2.17. The van der Waals surface area contributed by atoms with Gasteiger partial charge in [-0.15, -0.1) is 0 Å². The lowest BCUT2D eigenvalue weighted by molar-refractivity contribution is -0.122. The van der Waals surface area contributed by atoms with Crippen LogP contribution in [0, 0.1) is 5.92 Å². The van der Waals surface area contributed by atoms with E-state index in [9.17, 15) is 9.59 Å². The number of pyridine rings is 1. The molecule has 1 aromatic carbocycles. The zero-order valence-corrected chi connectivity index (χ0v) is 15.8. The van der Waals surface area contributed by atoms with Crippen molar-refractivity contribution in [1.29, 1.82) is 0 Å². The number of aromatic nitrogens is 3. The Hall–Kier alpha value is -3.00. The minimum absolute atomic E-state index is 0.0632. The van der Waals surface area contributed by atoms with E-state index in [1.54, 1.807) is 46.4 Å². The third-order valence-corrected chi connectivity index (χ3v) is 4.87. The summed E-state index contributed by atoms with van der Waals surface area (Å²) in [7, 11) is 0. The maximum Gasteiger partial charge on any atom is 0.229 e. The van der Waals surface area contributed by atoms with E-state index in [4.69, 9.17) is 0 Å². The molecule has 1 aliphatic heterocycles. The molecule has 1 fully saturated rings. The van der Waals surface area contributed by atoms with Crippen LogP contribution in [0.15, 0.2) is 65.5 Å². The van der Waals surface area contributed by atoms with Gasteiger partial charge in [-0.3, -0.25) is 9.59 Å². The number of nitrogens with one attached hydrogen (secondary N) is 1. The lowest BCUT2D eigenvalue weighted by Crippen LogP contribution is -2.28. The fraction of sp³-hybridized carbons (Fsp3) is 0.158. The van der Waals surface area contributed by atoms with Gasteiger partial charge in [-0.25, -0.2) is 9.67 Å². The zero-order chi connectivity index (χ0) is 18.8. The Balaban J connectivity index is 1.51. The Morgan fingerprint density at radius 3 is 2.85 bits per heavy atom. The molecule has 7 nitrogen and oxygen atoms in total. The molecule has 1 aliphatic rings. The molecule has 1 saturated heterocycles. The first-order valence-electron chi connectivity index (χ1n) is 8.43. The Labute approximate surface area is 164 Å². The molecule has 2 amide bonds. The van der Waals surface area contributed by atoms with Gasteiger partial charge in [-0.2, -0.15) is 5.10 Å². The molecule has 1 N–H and O–H groups in total. The summed E-state index contributed by atoms with van der Waals surface area (Å²) in [4.78, 5) is 31.1. The van der Waals surface area contributed by atoms with Gasteiger partial charge in [0.25, 0.3) is 0 Å². The van der Waals surface area contributed by atoms with Gasteiger partial charge in [0.05, 0.1) is 11.6 Å². The van der Waals surface area contributed by atoms with Crippen LogP contribution in [0.5, 0.6) is 0 Å². The lowest BCUT2D eigenvalue weighted by atomic mass is 10.1. The number of benzene rings is 1. The number of nitrogens with zero attached hydrogens (tertiary/aromatic N) is 4. The molecular formula is C19H16BrN5O2. The summed E-state index contributed by atoms with van der Waals surface area (Å²) in [5.41, 5.74) is 1.34. The summed E-state index contributed by atoms with van der Waals surface area (Å²) in [5.74, 6) is -0.167. The van der Waals surface area contributed by atoms with Gasteiger partial charge in [0.15, 0.2) is 5.82 Å². The number of hydrogen-bond donors (Lipinski definition) is 1. The van der Waals surface area contributed by atoms with E-state index < -0.39 is 5.92 Å². The molecule has 8 heteroatoms. The van der Waals surface area contributed by atoms with Crippen molar-refractivity contribution < 1.29 is 9.59 Å². The Bertz CT molecular complexity index is 989. The molecule has 1 unspecified atom stereocenters. The highest BCUT2D eigenvalue weighted by Gasteiger charge is 2.35. The van der Waals surface area contributed by atoms with E-state index in [0.717, 1.165) is 10.2 Å². The third-order valence-electron chi connectivity index (χ3n) is 4.38. The zero-order valence-electron chi connectivity index (χ0n) is 14.2. The summed E-state index contributed by atoms with van der Waals surface area (Å²) >= 11 is 3.41. The largest absolute Gasteiger partial charge is 0.323 e. The van der Waals surface area contributed by atoms with E-state index >= 15 is 0 Å². The quantitative estimate of drug-likeness (QED) is 0.696. The van der Waals surface area contributed by atoms with Crippen LogP contribution in [0.4, 0.5) is 11.4 Å². The third kappa shape index (κ3) is 3.61. The van der Waals surface area contributed by atoms with Crippen LogP contribution in [0.25, 0.3) is 5.82 Å². The van der Waals surface area contributed by atoms with Crippen molar-refractivity contribution in [1.82, 2.24) is 14.8 Å². The normalized spacial score (nSPS) is 16.6. The molecule has 3 aromatic rings. The molecule has 4 rings (SSSR count). The van der Waals surface area contributed by atoms with Crippen LogP contribution in [0.2, 0.25) is 0 Å². The summed E-state index contributed by atoms with van der Waals surface area (Å²) in [6.07, 6.45) is 5.22. The standard InChI is InChI=1S/C19H16BrN5O2/c20-14-4-1-5-15(11-14)24-12-13(10-17(24)26)19(27)23-16-6-2-7-21-18(16)25-9-3-8-22-25/h1-9,11,13H,10,12H2,(H,23,27). The fourth-order valence-electron chi connectivity index (χ4n) is 3.08. The van der Waals surface area contributed by atoms with Gasteiger partial charge < -0.3 is 10.2 Å². The second-order valence-electron chi connectivity index (χ2n) is 6.20. The molecule has 27 heavy (non-hydrogen) atoms. The van der Waals surface area contributed by atoms with Crippen LogP contribution in [0.1, 0.15) is 6.42 Å². The van der Waals surface area contributed by atoms with Gasteiger partial charge in [0, 0.05) is 41.7 Å². The molecule has 0 spiro atoms. The van der Waals surface area contributed by atoms with E-state index in [2.05, 4.69) is 31.3 Å². The Kier molecular flexibility index (Phi) is 4.72. The van der Waals surface area contributed by atoms with Crippen LogP contribution >= 0.6 is 15.9 Å². The Morgan fingerprint density at radius 1 is 1.19 bits per heavy atom. The van der Waals surface area contributed by atoms with Gasteiger partial charge in [-0.05, 0) is 36.4 Å². The minimum Gasteiger partial charge on any atom is -0.323 e. The number of amides is 2. The van der Waals surface area contributed by atoms with Crippen molar-refractivity contribution in [3.63, 3.8) is 0 Å². The van der Waals surface area contributed by atoms with Crippen LogP contribution < -0.4 is 10.2 Å². The maximum absolute atomic E-state index is 12.8. The van der Waals surface area contributed by atoms with Gasteiger partial charge >= 0.3 is 0 Å². The molecule has 1 atom stereocenters. The number of carbonyl (C=O) groups excluding carboxylic acids is 2. The second-order valence-corrected chi connectivity index (χ2v) is 7.12. The molecule has 2 aromatic heterocycles. The van der Waals surface area contributed by atoms with Crippen molar-refractivity contribution >= 4 is 39.1 Å². The number of halogens is 1. The summed E-state index contributed by atoms with van der Waals surface area (Å²) in [6, 6.07) is 12.8. The first kappa shape index (κ1) is 17.4. The van der Waals surface area contributed by atoms with E-state index in [1.165, 1.54) is 0 Å². The highest BCUT2D eigenvalue weighted by Crippen LogP contribution is 2.28. The summed E-state index contributed by atoms with van der Waals surface area (Å²) in [6.45, 7) is 0.346. The topological polar surface area (TPSA) is 80.1 Å². The summed E-state index contributed by atoms with van der Waals surface area (Å²) < 4.78 is 2.48. The van der Waals surface area contributed by atoms with E-state index in [1.807, 2.05) is 24.3 Å². The molecule has 0 bridgehead atoms. The van der Waals surface area contributed by atoms with Crippen LogP contribution in [-0.2, 0) is 9.59 Å². The highest BCUT2D eigenvalue weighted by atomic mass is 79.9. The van der Waals surface area contributed by atoms with E-state index in [0.29, 0.717) is 18.1 Å². The SMILES string of the molecule is O=C(Nc1cccnc1-n1cccn1)C1CC(=O)N(c2cccc(Br)c2)C1. The maximum atomic E-state index is 12.8. The van der Waals surface area contributed by atoms with Gasteiger partial charge in [0.1, 0.15) is 0 Å². The molecule has 136 valence electrons. The van der Waals surface area contributed by atoms with Crippen molar-refractivity contribution in [2.75, 3.05) is 16.8 Å². The van der Waals surface area contributed by atoms with Gasteiger partial charge in [0.2, 0.25) is 11.8 Å². The first-order chi connectivity index (χ1) is 13.1. The van der Waals surface area contributed by atoms with Crippen LogP contribution in [0.3, 0.4) is 0 Å². The molecule has 0 aliphatic carbocycles. The molecule has 0 saturated carbocycles. The number of rotatable bonds is 4. The average molecular weight is 426 g/mol. The number of hydrogen-bond acceptors (Lipinski definition) is 4. The monoisotopic (exact) mass is 425 g/mol. The first-order valence-corrected chi connectivity index (χ1v) is 9.23. The van der Waals surface area contributed by atoms with Crippen molar-refractivity contribution in [2.24, 2.45) is 5.92 Å². The Morgan fingerprint density at radius 2 is 2.07 bits per heavy atom. The fourth-order valence-corrected chi connectivity index (χ4v) is 3.47. The average Bonchev–Trinajstić information content (AvgIpc) is 3.32. The van der Waals surface area contributed by atoms with Gasteiger partial charge in [-0.1, -0.05) is 22.0 Å². The van der Waals surface area contributed by atoms with E-state index in [-0.39, 0.29) is 18.2 Å². The summed E-state index contributed by atoms with van der Waals surface area (Å²) in [5, 5.41) is 7.05. The molecular weight excluding hydrogens is 410 g/mol. The smallest absolute Gasteiger partial charge is 0.229 e.